The van der Waals surface area contributed by atoms with Gasteiger partial charge in [0.2, 0.25) is 5.91 Å². The fraction of sp³-hybridized carbons (Fsp3) is 0.0667. The fourth-order valence-corrected chi connectivity index (χ4v) is 7.56. The Balaban J connectivity index is 1.06. The summed E-state index contributed by atoms with van der Waals surface area (Å²) in [5, 5.41) is 12.9. The lowest BCUT2D eigenvalue weighted by Crippen LogP contribution is -2.30. The van der Waals surface area contributed by atoms with Gasteiger partial charge in [-0.25, -0.2) is 4.98 Å². The van der Waals surface area contributed by atoms with Gasteiger partial charge in [0.15, 0.2) is 5.13 Å². The highest BCUT2D eigenvalue weighted by Gasteiger charge is 2.24. The summed E-state index contributed by atoms with van der Waals surface area (Å²) in [5.74, 6) is -1.07. The van der Waals surface area contributed by atoms with Gasteiger partial charge in [0.1, 0.15) is 10.9 Å². The van der Waals surface area contributed by atoms with Gasteiger partial charge in [-0.3, -0.25) is 14.4 Å². The van der Waals surface area contributed by atoms with Crippen LogP contribution in [0.2, 0.25) is 0 Å². The van der Waals surface area contributed by atoms with Crippen molar-refractivity contribution in [3.63, 3.8) is 0 Å². The van der Waals surface area contributed by atoms with E-state index in [-0.39, 0.29) is 11.6 Å². The van der Waals surface area contributed by atoms with Crippen molar-refractivity contribution in [1.29, 1.82) is 0 Å². The van der Waals surface area contributed by atoms with Crippen molar-refractivity contribution >= 4 is 74.2 Å². The van der Waals surface area contributed by atoms with Crippen molar-refractivity contribution in [2.45, 2.75) is 10.1 Å². The Hall–Kier alpha value is -6.49. The first-order valence-corrected chi connectivity index (χ1v) is 19.3. The minimum absolute atomic E-state index is 0.0941. The van der Waals surface area contributed by atoms with Crippen molar-refractivity contribution in [2.75, 3.05) is 29.6 Å². The fourth-order valence-electron chi connectivity index (χ4n) is 5.81. The van der Waals surface area contributed by atoms with Gasteiger partial charge in [-0.2, -0.15) is 0 Å². The molecule has 272 valence electrons. The van der Waals surface area contributed by atoms with Gasteiger partial charge >= 0.3 is 0 Å². The van der Waals surface area contributed by atoms with E-state index in [4.69, 9.17) is 4.98 Å². The van der Waals surface area contributed by atoms with E-state index in [1.807, 2.05) is 115 Å². The molecule has 10 heteroatoms. The number of nitrogens with one attached hydrogen (secondary N) is 3. The predicted molar refractivity (Wildman–Crippen MR) is 226 cm³/mol. The molecule has 0 fully saturated rings. The maximum atomic E-state index is 13.9. The Morgan fingerprint density at radius 1 is 0.727 bits per heavy atom. The smallest absolute Gasteiger partial charge is 0.272 e. The second-order valence-corrected chi connectivity index (χ2v) is 14.9. The summed E-state index contributed by atoms with van der Waals surface area (Å²) >= 11 is 2.78. The third-order valence-electron chi connectivity index (χ3n) is 8.74. The van der Waals surface area contributed by atoms with Crippen LogP contribution in [0, 0.1) is 0 Å². The van der Waals surface area contributed by atoms with Gasteiger partial charge in [0.25, 0.3) is 11.8 Å². The molecular formula is C45H37N5O3S2. The van der Waals surface area contributed by atoms with Crippen LogP contribution in [0.15, 0.2) is 168 Å². The molecule has 8 nitrogen and oxygen atoms in total. The van der Waals surface area contributed by atoms with E-state index in [9.17, 15) is 14.4 Å². The maximum Gasteiger partial charge on any atom is 0.272 e. The summed E-state index contributed by atoms with van der Waals surface area (Å²) in [5.41, 5.74) is 5.45. The molecule has 3 N–H and O–H groups in total. The quantitative estimate of drug-likeness (QED) is 0.0847. The molecule has 55 heavy (non-hydrogen) atoms. The number of thiazole rings is 1. The second kappa shape index (κ2) is 17.1. The molecule has 1 heterocycles. The largest absolute Gasteiger partial charge is 0.378 e. The molecule has 7 aromatic rings. The van der Waals surface area contributed by atoms with Crippen LogP contribution in [0.5, 0.6) is 0 Å². The van der Waals surface area contributed by atoms with E-state index in [1.165, 1.54) is 23.1 Å². The number of anilines is 3. The third-order valence-corrected chi connectivity index (χ3v) is 10.8. The van der Waals surface area contributed by atoms with Crippen LogP contribution >= 0.6 is 23.1 Å². The van der Waals surface area contributed by atoms with Crippen molar-refractivity contribution in [1.82, 2.24) is 10.3 Å². The van der Waals surface area contributed by atoms with Crippen LogP contribution in [0.3, 0.4) is 0 Å². The number of nitrogens with zero attached hydrogens (tertiary/aromatic N) is 2. The zero-order valence-electron chi connectivity index (χ0n) is 30.1. The highest BCUT2D eigenvalue weighted by atomic mass is 32.2. The zero-order valence-corrected chi connectivity index (χ0v) is 31.7. The van der Waals surface area contributed by atoms with Crippen LogP contribution < -0.4 is 20.9 Å². The second-order valence-electron chi connectivity index (χ2n) is 12.8. The molecule has 0 radical (unpaired) electrons. The Morgan fingerprint density at radius 2 is 1.40 bits per heavy atom. The summed E-state index contributed by atoms with van der Waals surface area (Å²) in [6.07, 6.45) is 1.65. The predicted octanol–water partition coefficient (Wildman–Crippen LogP) is 9.91. The highest BCUT2D eigenvalue weighted by Crippen LogP contribution is 2.37. The van der Waals surface area contributed by atoms with Gasteiger partial charge in [0.05, 0.1) is 5.69 Å². The van der Waals surface area contributed by atoms with E-state index in [1.54, 1.807) is 42.5 Å². The summed E-state index contributed by atoms with van der Waals surface area (Å²) in [7, 11) is 3.91. The van der Waals surface area contributed by atoms with E-state index in [2.05, 4.69) is 40.2 Å². The van der Waals surface area contributed by atoms with E-state index < -0.39 is 17.1 Å². The SMILES string of the molecule is CN(C)c1ccc(/C=C(\NC(=O)c2ccccc2)C(=O)Nc2ccc(SC(C(=O)Nc3nc(-c4ccc5ccccc5c4)cs3)c3ccccc3)cc2)cc1. The number of carbonyl (C=O) groups is 3. The Morgan fingerprint density at radius 3 is 2.11 bits per heavy atom. The molecule has 0 spiro atoms. The first kappa shape index (κ1) is 36.9. The van der Waals surface area contributed by atoms with Gasteiger partial charge in [-0.1, -0.05) is 97.1 Å². The molecule has 0 saturated heterocycles. The number of rotatable bonds is 12. The average molecular weight is 760 g/mol. The van der Waals surface area contributed by atoms with Crippen LogP contribution in [0.25, 0.3) is 28.1 Å². The summed E-state index contributed by atoms with van der Waals surface area (Å²) in [4.78, 5) is 48.2. The van der Waals surface area contributed by atoms with Gasteiger partial charge in [0, 0.05) is 46.9 Å². The van der Waals surface area contributed by atoms with Crippen molar-refractivity contribution < 1.29 is 14.4 Å². The Labute approximate surface area is 328 Å². The first-order chi connectivity index (χ1) is 26.8. The van der Waals surface area contributed by atoms with Crippen molar-refractivity contribution in [2.24, 2.45) is 0 Å². The monoisotopic (exact) mass is 759 g/mol. The average Bonchev–Trinajstić information content (AvgIpc) is 3.69. The number of thioether (sulfide) groups is 1. The topological polar surface area (TPSA) is 103 Å². The Kier molecular flexibility index (Phi) is 11.5. The van der Waals surface area contributed by atoms with Crippen LogP contribution in [0.1, 0.15) is 26.7 Å². The molecule has 1 atom stereocenters. The summed E-state index contributed by atoms with van der Waals surface area (Å²) in [6, 6.07) is 47.7. The molecule has 1 aromatic heterocycles. The standard InChI is InChI=1S/C45H37N5O3S2/c1-50(2)37-23-17-30(18-24-37)27-39(47-42(51)33-14-7-4-8-15-33)43(52)46-36-21-25-38(26-22-36)55-41(32-12-5-3-6-13-32)44(53)49-45-48-40(29-54-45)35-20-19-31-11-9-10-16-34(31)28-35/h3-29,41H,1-2H3,(H,46,52)(H,47,51)(H,48,49,53)/b39-27-. The summed E-state index contributed by atoms with van der Waals surface area (Å²) < 4.78 is 0. The molecule has 3 amide bonds. The lowest BCUT2D eigenvalue weighted by Gasteiger charge is -2.17. The first-order valence-electron chi connectivity index (χ1n) is 17.5. The molecule has 0 saturated carbocycles. The molecule has 7 rings (SSSR count). The minimum atomic E-state index is -0.573. The Bertz CT molecular complexity index is 2470. The van der Waals surface area contributed by atoms with Gasteiger partial charge < -0.3 is 20.9 Å². The highest BCUT2D eigenvalue weighted by molar-refractivity contribution is 8.00. The summed E-state index contributed by atoms with van der Waals surface area (Å²) in [6.45, 7) is 0. The zero-order chi connectivity index (χ0) is 38.1. The lowest BCUT2D eigenvalue weighted by atomic mass is 10.1. The molecule has 0 aliphatic heterocycles. The van der Waals surface area contributed by atoms with Crippen molar-refractivity contribution in [3.05, 3.63) is 179 Å². The number of amides is 3. The van der Waals surface area contributed by atoms with E-state index in [0.717, 1.165) is 43.7 Å². The molecular weight excluding hydrogens is 723 g/mol. The number of aromatic nitrogens is 1. The molecule has 0 aliphatic rings. The minimum Gasteiger partial charge on any atom is -0.378 e. The number of benzene rings is 6. The number of hydrogen-bond acceptors (Lipinski definition) is 7. The van der Waals surface area contributed by atoms with Crippen LogP contribution in [-0.4, -0.2) is 36.8 Å². The van der Waals surface area contributed by atoms with E-state index in [0.29, 0.717) is 16.4 Å². The lowest BCUT2D eigenvalue weighted by molar-refractivity contribution is -0.116. The third kappa shape index (κ3) is 9.36. The molecule has 0 bridgehead atoms. The van der Waals surface area contributed by atoms with E-state index >= 15 is 0 Å². The molecule has 1 unspecified atom stereocenters. The number of hydrogen-bond donors (Lipinski definition) is 3. The number of fused-ring (bicyclic) bond motifs is 1. The van der Waals surface area contributed by atoms with Crippen LogP contribution in [0.4, 0.5) is 16.5 Å². The maximum absolute atomic E-state index is 13.9. The molecule has 0 aliphatic carbocycles. The van der Waals surface area contributed by atoms with Gasteiger partial charge in [-0.15, -0.1) is 23.1 Å². The van der Waals surface area contributed by atoms with Crippen LogP contribution in [-0.2, 0) is 9.59 Å². The van der Waals surface area contributed by atoms with Gasteiger partial charge in [-0.05, 0) is 82.6 Å². The number of carbonyl (C=O) groups excluding carboxylic acids is 3. The molecule has 6 aromatic carbocycles. The van der Waals surface area contributed by atoms with Crippen molar-refractivity contribution in [3.8, 4) is 11.3 Å². The normalized spacial score (nSPS) is 11.8.